The number of amides is 1. The maximum absolute atomic E-state index is 10.8. The van der Waals surface area contributed by atoms with Crippen molar-refractivity contribution in [2.24, 2.45) is 0 Å². The van der Waals surface area contributed by atoms with Crippen molar-refractivity contribution in [2.45, 2.75) is 20.3 Å². The molecule has 0 atom stereocenters. The second-order valence-corrected chi connectivity index (χ2v) is 4.73. The largest absolute Gasteiger partial charge is 0.494 e. The highest BCUT2D eigenvalue weighted by atomic mass is 16.5. The summed E-state index contributed by atoms with van der Waals surface area (Å²) in [7, 11) is 0. The smallest absolute Gasteiger partial charge is 0.216 e. The van der Waals surface area contributed by atoms with Gasteiger partial charge in [-0.25, -0.2) is 0 Å². The number of benzene rings is 1. The van der Waals surface area contributed by atoms with Gasteiger partial charge in [-0.05, 0) is 30.7 Å². The van der Waals surface area contributed by atoms with Gasteiger partial charge in [0.15, 0.2) is 0 Å². The fourth-order valence-corrected chi connectivity index (χ4v) is 2.02. The minimum absolute atomic E-state index is 0.0130. The van der Waals surface area contributed by atoms with Crippen LogP contribution in [0.1, 0.15) is 19.5 Å². The number of aromatic nitrogens is 1. The van der Waals surface area contributed by atoms with Gasteiger partial charge in [0.2, 0.25) is 5.91 Å². The summed E-state index contributed by atoms with van der Waals surface area (Å²) in [6.07, 6.45) is 2.60. The molecule has 4 nitrogen and oxygen atoms in total. The lowest BCUT2D eigenvalue weighted by Gasteiger charge is -2.06. The minimum atomic E-state index is -0.0130. The van der Waals surface area contributed by atoms with Gasteiger partial charge in [-0.2, -0.15) is 0 Å². The molecule has 0 bridgehead atoms. The monoisotopic (exact) mass is 284 g/mol. The molecule has 0 spiro atoms. The predicted molar refractivity (Wildman–Crippen MR) is 83.2 cm³/mol. The molecule has 21 heavy (non-hydrogen) atoms. The highest BCUT2D eigenvalue weighted by Crippen LogP contribution is 2.21. The fraction of sp³-hybridized carbons (Fsp3) is 0.294. The summed E-state index contributed by atoms with van der Waals surface area (Å²) >= 11 is 0. The number of hydrogen-bond acceptors (Lipinski definition) is 3. The van der Waals surface area contributed by atoms with Gasteiger partial charge in [-0.1, -0.05) is 18.2 Å². The zero-order valence-electron chi connectivity index (χ0n) is 12.4. The normalized spacial score (nSPS) is 10.2. The van der Waals surface area contributed by atoms with Crippen LogP contribution in [0.25, 0.3) is 11.1 Å². The van der Waals surface area contributed by atoms with Gasteiger partial charge in [0, 0.05) is 37.3 Å². The number of rotatable bonds is 6. The Bertz CT molecular complexity index is 577. The predicted octanol–water partition coefficient (Wildman–Crippen LogP) is 2.83. The molecule has 110 valence electrons. The first-order chi connectivity index (χ1) is 10.2. The van der Waals surface area contributed by atoms with Crippen LogP contribution in [-0.4, -0.2) is 24.0 Å². The van der Waals surface area contributed by atoms with E-state index in [1.165, 1.54) is 6.92 Å². The van der Waals surface area contributed by atoms with Gasteiger partial charge < -0.3 is 10.1 Å². The van der Waals surface area contributed by atoms with Crippen LogP contribution in [0, 0.1) is 0 Å². The van der Waals surface area contributed by atoms with E-state index in [-0.39, 0.29) is 5.91 Å². The summed E-state index contributed by atoms with van der Waals surface area (Å²) in [5, 5.41) is 2.77. The van der Waals surface area contributed by atoms with Crippen LogP contribution in [0.4, 0.5) is 0 Å². The van der Waals surface area contributed by atoms with Crippen molar-refractivity contribution in [3.63, 3.8) is 0 Å². The Morgan fingerprint density at radius 2 is 1.86 bits per heavy atom. The second kappa shape index (κ2) is 7.43. The van der Waals surface area contributed by atoms with Crippen LogP contribution in [0.15, 0.2) is 42.6 Å². The Balaban J connectivity index is 1.99. The molecule has 0 saturated carbocycles. The average Bonchev–Trinajstić information content (AvgIpc) is 2.49. The van der Waals surface area contributed by atoms with Crippen LogP contribution in [0.5, 0.6) is 5.75 Å². The van der Waals surface area contributed by atoms with Gasteiger partial charge >= 0.3 is 0 Å². The van der Waals surface area contributed by atoms with E-state index in [1.54, 1.807) is 0 Å². The Morgan fingerprint density at radius 3 is 2.43 bits per heavy atom. The van der Waals surface area contributed by atoms with Crippen LogP contribution in [-0.2, 0) is 11.2 Å². The molecule has 1 aromatic carbocycles. The minimum Gasteiger partial charge on any atom is -0.494 e. The summed E-state index contributed by atoms with van der Waals surface area (Å²) < 4.78 is 5.43. The van der Waals surface area contributed by atoms with E-state index in [1.807, 2.05) is 49.5 Å². The zero-order chi connectivity index (χ0) is 15.1. The Kier molecular flexibility index (Phi) is 5.32. The SMILES string of the molecule is CCOc1ccc(-c2ccc(CCNC(C)=O)nc2)cc1. The van der Waals surface area contributed by atoms with E-state index in [4.69, 9.17) is 4.74 Å². The number of carbonyl (C=O) groups is 1. The maximum Gasteiger partial charge on any atom is 0.216 e. The van der Waals surface area contributed by atoms with Crippen molar-refractivity contribution in [3.05, 3.63) is 48.3 Å². The topological polar surface area (TPSA) is 51.2 Å². The molecule has 2 aromatic rings. The molecule has 1 heterocycles. The van der Waals surface area contributed by atoms with Gasteiger partial charge in [-0.3, -0.25) is 9.78 Å². The first-order valence-corrected chi connectivity index (χ1v) is 7.11. The lowest BCUT2D eigenvalue weighted by molar-refractivity contribution is -0.118. The van der Waals surface area contributed by atoms with Crippen molar-refractivity contribution < 1.29 is 9.53 Å². The highest BCUT2D eigenvalue weighted by molar-refractivity contribution is 5.72. The fourth-order valence-electron chi connectivity index (χ4n) is 2.02. The molecule has 0 radical (unpaired) electrons. The van der Waals surface area contributed by atoms with Crippen LogP contribution in [0.2, 0.25) is 0 Å². The van der Waals surface area contributed by atoms with Gasteiger partial charge in [-0.15, -0.1) is 0 Å². The lowest BCUT2D eigenvalue weighted by Crippen LogP contribution is -2.22. The maximum atomic E-state index is 10.8. The number of nitrogens with zero attached hydrogens (tertiary/aromatic N) is 1. The Hall–Kier alpha value is -2.36. The van der Waals surface area contributed by atoms with Crippen molar-refractivity contribution in [1.82, 2.24) is 10.3 Å². The molecular formula is C17H20N2O2. The third kappa shape index (κ3) is 4.60. The lowest BCUT2D eigenvalue weighted by atomic mass is 10.1. The number of ether oxygens (including phenoxy) is 1. The summed E-state index contributed by atoms with van der Waals surface area (Å²) in [5.41, 5.74) is 3.15. The van der Waals surface area contributed by atoms with E-state index in [9.17, 15) is 4.79 Å². The second-order valence-electron chi connectivity index (χ2n) is 4.73. The summed E-state index contributed by atoms with van der Waals surface area (Å²) in [6, 6.07) is 12.0. The first-order valence-electron chi connectivity index (χ1n) is 7.11. The van der Waals surface area contributed by atoms with Crippen LogP contribution >= 0.6 is 0 Å². The molecule has 1 amide bonds. The van der Waals surface area contributed by atoms with Crippen LogP contribution < -0.4 is 10.1 Å². The third-order valence-corrected chi connectivity index (χ3v) is 3.08. The number of carbonyl (C=O) groups excluding carboxylic acids is 1. The van der Waals surface area contributed by atoms with Crippen molar-refractivity contribution in [2.75, 3.05) is 13.2 Å². The van der Waals surface area contributed by atoms with Gasteiger partial charge in [0.1, 0.15) is 5.75 Å². The van der Waals surface area contributed by atoms with E-state index >= 15 is 0 Å². The Labute approximate surface area is 125 Å². The molecule has 0 aliphatic heterocycles. The van der Waals surface area contributed by atoms with E-state index in [0.29, 0.717) is 13.2 Å². The number of hydrogen-bond donors (Lipinski definition) is 1. The molecule has 0 unspecified atom stereocenters. The molecule has 1 N–H and O–H groups in total. The highest BCUT2D eigenvalue weighted by Gasteiger charge is 2.01. The van der Waals surface area contributed by atoms with E-state index in [0.717, 1.165) is 29.0 Å². The quantitative estimate of drug-likeness (QED) is 0.887. The van der Waals surface area contributed by atoms with E-state index in [2.05, 4.69) is 10.3 Å². The molecule has 0 fully saturated rings. The zero-order valence-corrected chi connectivity index (χ0v) is 12.4. The molecule has 1 aromatic heterocycles. The Morgan fingerprint density at radius 1 is 1.14 bits per heavy atom. The van der Waals surface area contributed by atoms with Gasteiger partial charge in [0.25, 0.3) is 0 Å². The summed E-state index contributed by atoms with van der Waals surface area (Å²) in [4.78, 5) is 15.2. The number of nitrogens with one attached hydrogen (secondary N) is 1. The van der Waals surface area contributed by atoms with Crippen LogP contribution in [0.3, 0.4) is 0 Å². The molecule has 4 heteroatoms. The summed E-state index contributed by atoms with van der Waals surface area (Å²) in [5.74, 6) is 0.863. The van der Waals surface area contributed by atoms with Crippen molar-refractivity contribution in [3.8, 4) is 16.9 Å². The molecule has 0 saturated heterocycles. The number of pyridine rings is 1. The van der Waals surface area contributed by atoms with Crippen molar-refractivity contribution >= 4 is 5.91 Å². The summed E-state index contributed by atoms with van der Waals surface area (Å²) in [6.45, 7) is 4.77. The molecule has 0 aliphatic carbocycles. The standard InChI is InChI=1S/C17H20N2O2/c1-3-21-17-8-5-14(6-9-17)15-4-7-16(19-12-15)10-11-18-13(2)20/h4-9,12H,3,10-11H2,1-2H3,(H,18,20). The van der Waals surface area contributed by atoms with Crippen molar-refractivity contribution in [1.29, 1.82) is 0 Å². The molecular weight excluding hydrogens is 264 g/mol. The van der Waals surface area contributed by atoms with Gasteiger partial charge in [0.05, 0.1) is 6.61 Å². The average molecular weight is 284 g/mol. The molecule has 0 aliphatic rings. The third-order valence-electron chi connectivity index (χ3n) is 3.08. The van der Waals surface area contributed by atoms with E-state index < -0.39 is 0 Å². The molecule has 2 rings (SSSR count). The first kappa shape index (κ1) is 15.0.